The van der Waals surface area contributed by atoms with Crippen LogP contribution >= 0.6 is 0 Å². The molecule has 4 fully saturated rings. The van der Waals surface area contributed by atoms with Crippen LogP contribution in [0.15, 0.2) is 36.4 Å². The lowest BCUT2D eigenvalue weighted by atomic mass is 9.63. The van der Waals surface area contributed by atoms with Crippen molar-refractivity contribution in [2.45, 2.75) is 60.4 Å². The monoisotopic (exact) mass is 370 g/mol. The molecule has 2 saturated heterocycles. The average Bonchev–Trinajstić information content (AvgIpc) is 3.57. The Hall–Kier alpha value is -1.90. The number of rotatable bonds is 0. The van der Waals surface area contributed by atoms with Crippen molar-refractivity contribution in [3.63, 3.8) is 0 Å². The highest BCUT2D eigenvalue weighted by atomic mass is 16.8. The normalized spacial score (nSPS) is 47.3. The second-order valence-corrected chi connectivity index (χ2v) is 8.19. The first-order chi connectivity index (χ1) is 13.1. The number of aliphatic hydroxyl groups excluding tert-OH is 3. The summed E-state index contributed by atoms with van der Waals surface area (Å²) in [7, 11) is 0. The minimum Gasteiger partial charge on any atom is -0.446 e. The van der Waals surface area contributed by atoms with Gasteiger partial charge in [0.15, 0.2) is 11.7 Å². The Morgan fingerprint density at radius 3 is 2.26 bits per heavy atom. The molecule has 7 unspecified atom stereocenters. The van der Waals surface area contributed by atoms with E-state index in [9.17, 15) is 15.3 Å². The van der Waals surface area contributed by atoms with Crippen molar-refractivity contribution < 1.29 is 34.3 Å². The first-order valence-corrected chi connectivity index (χ1v) is 9.35. The van der Waals surface area contributed by atoms with Gasteiger partial charge in [-0.3, -0.25) is 0 Å². The van der Waals surface area contributed by atoms with E-state index in [1.165, 1.54) is 0 Å². The largest absolute Gasteiger partial charge is 0.446 e. The van der Waals surface area contributed by atoms with E-state index in [0.29, 0.717) is 24.3 Å². The molecule has 2 aromatic rings. The molecule has 140 valence electrons. The van der Waals surface area contributed by atoms with Gasteiger partial charge in [-0.05, 0) is 30.4 Å². The van der Waals surface area contributed by atoms with E-state index >= 15 is 0 Å². The summed E-state index contributed by atoms with van der Waals surface area (Å²) >= 11 is 0. The van der Waals surface area contributed by atoms with Crippen molar-refractivity contribution in [2.75, 3.05) is 0 Å². The van der Waals surface area contributed by atoms with Crippen LogP contribution in [0.5, 0.6) is 11.5 Å². The first-order valence-electron chi connectivity index (χ1n) is 9.35. The molecule has 7 nitrogen and oxygen atoms in total. The van der Waals surface area contributed by atoms with E-state index in [4.69, 9.17) is 18.9 Å². The van der Waals surface area contributed by atoms with Crippen molar-refractivity contribution in [1.29, 1.82) is 0 Å². The van der Waals surface area contributed by atoms with Crippen LogP contribution in [0, 0.1) is 0 Å². The summed E-state index contributed by atoms with van der Waals surface area (Å²) in [6.07, 6.45) is -3.43. The molecule has 0 aromatic heterocycles. The molecule has 2 aromatic carbocycles. The molecule has 3 aliphatic heterocycles. The zero-order valence-corrected chi connectivity index (χ0v) is 14.2. The Bertz CT molecular complexity index is 966. The average molecular weight is 370 g/mol. The van der Waals surface area contributed by atoms with E-state index < -0.39 is 47.5 Å². The number of epoxide rings is 2. The third-order valence-electron chi connectivity index (χ3n) is 7.07. The van der Waals surface area contributed by atoms with E-state index in [1.54, 1.807) is 0 Å². The van der Waals surface area contributed by atoms with Gasteiger partial charge in [0.25, 0.3) is 0 Å². The smallest absolute Gasteiger partial charge is 0.315 e. The van der Waals surface area contributed by atoms with Crippen LogP contribution in [-0.2, 0) is 9.47 Å². The van der Waals surface area contributed by atoms with Gasteiger partial charge in [0.1, 0.15) is 23.7 Å². The van der Waals surface area contributed by atoms with E-state index in [2.05, 4.69) is 0 Å². The first kappa shape index (κ1) is 15.1. The maximum absolute atomic E-state index is 11.0. The number of ether oxygens (including phenoxy) is 4. The van der Waals surface area contributed by atoms with Gasteiger partial charge in [-0.25, -0.2) is 0 Å². The molecular formula is C20H18O7. The Labute approximate surface area is 154 Å². The molecular weight excluding hydrogens is 352 g/mol. The molecule has 7 rings (SSSR count). The van der Waals surface area contributed by atoms with Crippen LogP contribution in [0.25, 0.3) is 10.8 Å². The summed E-state index contributed by atoms with van der Waals surface area (Å²) in [4.78, 5) is 0. The number of benzene rings is 2. The Morgan fingerprint density at radius 1 is 0.889 bits per heavy atom. The third kappa shape index (κ3) is 1.36. The fourth-order valence-corrected chi connectivity index (χ4v) is 5.85. The zero-order valence-electron chi connectivity index (χ0n) is 14.2. The molecule has 3 N–H and O–H groups in total. The molecule has 1 spiro atoms. The molecule has 7 heteroatoms. The van der Waals surface area contributed by atoms with Gasteiger partial charge in [0.2, 0.25) is 5.60 Å². The van der Waals surface area contributed by atoms with Crippen LogP contribution in [0.2, 0.25) is 0 Å². The van der Waals surface area contributed by atoms with E-state index in [0.717, 1.165) is 10.8 Å². The number of hydrogen-bond donors (Lipinski definition) is 3. The highest BCUT2D eigenvalue weighted by Gasteiger charge is 2.99. The summed E-state index contributed by atoms with van der Waals surface area (Å²) in [6, 6.07) is 11.4. The highest BCUT2D eigenvalue weighted by Crippen LogP contribution is 2.73. The fourth-order valence-electron chi connectivity index (χ4n) is 5.85. The predicted octanol–water partition coefficient (Wildman–Crippen LogP) is 0.473. The quantitative estimate of drug-likeness (QED) is 0.579. The fraction of sp³-hybridized carbons (Fsp3) is 0.500. The lowest BCUT2D eigenvalue weighted by molar-refractivity contribution is -0.220. The lowest BCUT2D eigenvalue weighted by Gasteiger charge is -2.48. The molecule has 27 heavy (non-hydrogen) atoms. The van der Waals surface area contributed by atoms with Crippen LogP contribution in [0.1, 0.15) is 12.8 Å². The lowest BCUT2D eigenvalue weighted by Crippen LogP contribution is -2.75. The van der Waals surface area contributed by atoms with Gasteiger partial charge in [0.05, 0.1) is 17.6 Å². The predicted molar refractivity (Wildman–Crippen MR) is 90.4 cm³/mol. The van der Waals surface area contributed by atoms with Crippen molar-refractivity contribution >= 4 is 10.8 Å². The summed E-state index contributed by atoms with van der Waals surface area (Å²) in [5.41, 5.74) is -2.73. The van der Waals surface area contributed by atoms with E-state index in [1.807, 2.05) is 36.4 Å². The van der Waals surface area contributed by atoms with Crippen molar-refractivity contribution in [3.05, 3.63) is 36.4 Å². The Balaban J connectivity index is 1.48. The molecule has 5 aliphatic rings. The number of aliphatic hydroxyl groups is 3. The van der Waals surface area contributed by atoms with Crippen LogP contribution < -0.4 is 9.47 Å². The summed E-state index contributed by atoms with van der Waals surface area (Å²) < 4.78 is 24.7. The minimum atomic E-state index is -1.46. The van der Waals surface area contributed by atoms with Gasteiger partial charge < -0.3 is 34.3 Å². The maximum atomic E-state index is 11.0. The van der Waals surface area contributed by atoms with Crippen LogP contribution in [-0.4, -0.2) is 62.8 Å². The third-order valence-corrected chi connectivity index (χ3v) is 7.07. The second kappa shape index (κ2) is 4.24. The molecule has 3 heterocycles. The molecule has 0 amide bonds. The Morgan fingerprint density at radius 2 is 1.56 bits per heavy atom. The zero-order chi connectivity index (χ0) is 18.2. The standard InChI is InChI=1S/C20H18O7/c21-12-7-8-13(22)19-18(12,27-19)16(23)15-17(24-15)20(19)25-10-5-1-3-9-4-2-6-11(26-20)14(9)10/h1-6,12-13,15-17,21-23H,7-8H2. The molecule has 0 radical (unpaired) electrons. The minimum absolute atomic E-state index is 0.327. The van der Waals surface area contributed by atoms with Gasteiger partial charge in [-0.15, -0.1) is 0 Å². The van der Waals surface area contributed by atoms with Crippen molar-refractivity contribution in [3.8, 4) is 11.5 Å². The highest BCUT2D eigenvalue weighted by molar-refractivity contribution is 5.94. The summed E-state index contributed by atoms with van der Waals surface area (Å²) in [6.45, 7) is 0. The van der Waals surface area contributed by atoms with Crippen molar-refractivity contribution in [1.82, 2.24) is 0 Å². The molecule has 0 bridgehead atoms. The van der Waals surface area contributed by atoms with Crippen LogP contribution in [0.3, 0.4) is 0 Å². The SMILES string of the molecule is OC1CCC(O)C23OC12C(O)C1OC1C31Oc2cccc3cccc(c23)O1. The Kier molecular flexibility index (Phi) is 2.36. The van der Waals surface area contributed by atoms with Gasteiger partial charge in [-0.1, -0.05) is 24.3 Å². The van der Waals surface area contributed by atoms with Gasteiger partial charge in [-0.2, -0.15) is 0 Å². The van der Waals surface area contributed by atoms with Gasteiger partial charge in [0, 0.05) is 0 Å². The van der Waals surface area contributed by atoms with E-state index in [-0.39, 0.29) is 0 Å². The molecule has 7 atom stereocenters. The topological polar surface area (TPSA) is 104 Å². The summed E-state index contributed by atoms with van der Waals surface area (Å²) in [5, 5.41) is 34.4. The maximum Gasteiger partial charge on any atom is 0.315 e. The molecule has 2 aliphatic carbocycles. The van der Waals surface area contributed by atoms with Crippen LogP contribution in [0.4, 0.5) is 0 Å². The van der Waals surface area contributed by atoms with Crippen molar-refractivity contribution in [2.24, 2.45) is 0 Å². The molecule has 2 saturated carbocycles. The number of hydrogen-bond acceptors (Lipinski definition) is 7. The number of fused-ring (bicyclic) bond motifs is 2. The summed E-state index contributed by atoms with van der Waals surface area (Å²) in [5.74, 6) is -0.225. The second-order valence-electron chi connectivity index (χ2n) is 8.19. The van der Waals surface area contributed by atoms with Gasteiger partial charge >= 0.3 is 5.79 Å².